The van der Waals surface area contributed by atoms with Crippen LogP contribution in [-0.2, 0) is 17.6 Å². The molecular formula is C13H14N2OS. The molecule has 1 heterocycles. The Morgan fingerprint density at radius 1 is 1.24 bits per heavy atom. The summed E-state index contributed by atoms with van der Waals surface area (Å²) in [5.41, 5.74) is 3.58. The number of nitrogens with zero attached hydrogens (tertiary/aromatic N) is 1. The van der Waals surface area contributed by atoms with E-state index in [1.807, 2.05) is 12.1 Å². The van der Waals surface area contributed by atoms with Gasteiger partial charge in [-0.25, -0.2) is 0 Å². The average molecular weight is 246 g/mol. The first-order chi connectivity index (χ1) is 8.27. The first kappa shape index (κ1) is 10.8. The van der Waals surface area contributed by atoms with Crippen molar-refractivity contribution in [2.75, 3.05) is 10.7 Å². The van der Waals surface area contributed by atoms with Crippen LogP contribution in [0.1, 0.15) is 24.0 Å². The number of hydrogen-bond acceptors (Lipinski definition) is 3. The number of amides is 1. The molecule has 1 aliphatic carbocycles. The topological polar surface area (TPSA) is 44.2 Å². The number of carbonyl (C=O) groups is 1. The number of hydrogen-bond donors (Lipinski definition) is 1. The standard InChI is InChI=1S/C13H14N2OS/c14-13-15(12(16)8-17-13)11-7-3-5-9-4-1-2-6-10(9)11/h3,5,7,14H,1-2,4,6,8H2. The molecule has 0 unspecified atom stereocenters. The van der Waals surface area contributed by atoms with Crippen molar-refractivity contribution in [3.05, 3.63) is 29.3 Å². The number of benzene rings is 1. The smallest absolute Gasteiger partial charge is 0.243 e. The molecule has 0 spiro atoms. The molecule has 1 N–H and O–H groups in total. The van der Waals surface area contributed by atoms with Gasteiger partial charge in [-0.15, -0.1) is 0 Å². The summed E-state index contributed by atoms with van der Waals surface area (Å²) in [4.78, 5) is 13.4. The molecule has 1 amide bonds. The van der Waals surface area contributed by atoms with Crippen molar-refractivity contribution < 1.29 is 4.79 Å². The number of carbonyl (C=O) groups excluding carboxylic acids is 1. The van der Waals surface area contributed by atoms with Crippen molar-refractivity contribution in [2.24, 2.45) is 0 Å². The lowest BCUT2D eigenvalue weighted by molar-refractivity contribution is -0.115. The van der Waals surface area contributed by atoms with Gasteiger partial charge in [0.15, 0.2) is 5.17 Å². The molecule has 0 bridgehead atoms. The van der Waals surface area contributed by atoms with Gasteiger partial charge in [-0.2, -0.15) is 0 Å². The number of aryl methyl sites for hydroxylation is 1. The minimum absolute atomic E-state index is 0.0407. The monoisotopic (exact) mass is 246 g/mol. The van der Waals surface area contributed by atoms with Gasteiger partial charge in [0.05, 0.1) is 11.4 Å². The van der Waals surface area contributed by atoms with E-state index in [0.29, 0.717) is 10.9 Å². The van der Waals surface area contributed by atoms with Gasteiger partial charge in [0, 0.05) is 0 Å². The minimum Gasteiger partial charge on any atom is -0.278 e. The molecule has 1 aromatic rings. The molecular weight excluding hydrogens is 232 g/mol. The molecule has 0 saturated carbocycles. The van der Waals surface area contributed by atoms with E-state index in [2.05, 4.69) is 6.07 Å². The third-order valence-electron chi connectivity index (χ3n) is 3.40. The highest BCUT2D eigenvalue weighted by atomic mass is 32.2. The van der Waals surface area contributed by atoms with Gasteiger partial charge >= 0.3 is 0 Å². The second-order valence-corrected chi connectivity index (χ2v) is 5.41. The zero-order chi connectivity index (χ0) is 11.8. The summed E-state index contributed by atoms with van der Waals surface area (Å²) < 4.78 is 0. The van der Waals surface area contributed by atoms with Gasteiger partial charge < -0.3 is 0 Å². The van der Waals surface area contributed by atoms with Crippen molar-refractivity contribution in [1.29, 1.82) is 5.41 Å². The quantitative estimate of drug-likeness (QED) is 0.827. The number of nitrogens with one attached hydrogen (secondary N) is 1. The highest BCUT2D eigenvalue weighted by Gasteiger charge is 2.30. The van der Waals surface area contributed by atoms with E-state index in [1.165, 1.54) is 35.7 Å². The zero-order valence-corrected chi connectivity index (χ0v) is 10.3. The van der Waals surface area contributed by atoms with Gasteiger partial charge in [-0.1, -0.05) is 23.9 Å². The van der Waals surface area contributed by atoms with Crippen LogP contribution in [0.2, 0.25) is 0 Å². The summed E-state index contributed by atoms with van der Waals surface area (Å²) in [6, 6.07) is 6.13. The first-order valence-corrected chi connectivity index (χ1v) is 6.91. The summed E-state index contributed by atoms with van der Waals surface area (Å²) in [5.74, 6) is 0.446. The number of amidine groups is 1. The Morgan fingerprint density at radius 2 is 2.06 bits per heavy atom. The third-order valence-corrected chi connectivity index (χ3v) is 4.24. The van der Waals surface area contributed by atoms with Crippen LogP contribution in [0.3, 0.4) is 0 Å². The SMILES string of the molecule is N=C1SCC(=O)N1c1cccc2c1CCCC2. The van der Waals surface area contributed by atoms with Crippen molar-refractivity contribution in [2.45, 2.75) is 25.7 Å². The summed E-state index contributed by atoms with van der Waals surface area (Å²) in [6.07, 6.45) is 4.56. The largest absolute Gasteiger partial charge is 0.278 e. The van der Waals surface area contributed by atoms with E-state index in [1.54, 1.807) is 4.90 Å². The van der Waals surface area contributed by atoms with Crippen LogP contribution in [0.25, 0.3) is 0 Å². The summed E-state index contributed by atoms with van der Waals surface area (Å²) >= 11 is 1.32. The molecule has 4 heteroatoms. The Morgan fingerprint density at radius 3 is 2.82 bits per heavy atom. The lowest BCUT2D eigenvalue weighted by atomic mass is 9.90. The van der Waals surface area contributed by atoms with Gasteiger partial charge in [0.25, 0.3) is 0 Å². The highest BCUT2D eigenvalue weighted by molar-refractivity contribution is 8.15. The second-order valence-electron chi connectivity index (χ2n) is 4.44. The van der Waals surface area contributed by atoms with Crippen LogP contribution < -0.4 is 4.90 Å². The second kappa shape index (κ2) is 4.18. The van der Waals surface area contributed by atoms with Crippen molar-refractivity contribution >= 4 is 28.5 Å². The molecule has 3 rings (SSSR count). The number of rotatable bonds is 1. The predicted octanol–water partition coefficient (Wildman–Crippen LogP) is 2.58. The first-order valence-electron chi connectivity index (χ1n) is 5.92. The maximum Gasteiger partial charge on any atom is 0.243 e. The fourth-order valence-corrected chi connectivity index (χ4v) is 3.31. The predicted molar refractivity (Wildman–Crippen MR) is 70.8 cm³/mol. The van der Waals surface area contributed by atoms with Crippen LogP contribution >= 0.6 is 11.8 Å². The molecule has 1 saturated heterocycles. The summed E-state index contributed by atoms with van der Waals surface area (Å²) in [6.45, 7) is 0. The number of anilines is 1. The molecule has 0 atom stereocenters. The van der Waals surface area contributed by atoms with E-state index in [0.717, 1.165) is 18.5 Å². The Kier molecular flexibility index (Phi) is 2.67. The lowest BCUT2D eigenvalue weighted by Gasteiger charge is -2.24. The Hall–Kier alpha value is -1.29. The molecule has 0 radical (unpaired) electrons. The van der Waals surface area contributed by atoms with E-state index in [4.69, 9.17) is 5.41 Å². The number of thioether (sulfide) groups is 1. The highest BCUT2D eigenvalue weighted by Crippen LogP contribution is 2.34. The maximum atomic E-state index is 11.8. The van der Waals surface area contributed by atoms with Crippen LogP contribution in [-0.4, -0.2) is 16.8 Å². The van der Waals surface area contributed by atoms with Gasteiger partial charge in [0.1, 0.15) is 0 Å². The van der Waals surface area contributed by atoms with Crippen LogP contribution in [0, 0.1) is 5.41 Å². The fraction of sp³-hybridized carbons (Fsp3) is 0.385. The average Bonchev–Trinajstić information content (AvgIpc) is 2.69. The molecule has 88 valence electrons. The van der Waals surface area contributed by atoms with Gasteiger partial charge in [-0.05, 0) is 42.9 Å². The third kappa shape index (κ3) is 1.76. The fourth-order valence-electron chi connectivity index (χ4n) is 2.59. The van der Waals surface area contributed by atoms with Gasteiger partial charge in [0.2, 0.25) is 5.91 Å². The van der Waals surface area contributed by atoms with Crippen LogP contribution in [0.5, 0.6) is 0 Å². The van der Waals surface area contributed by atoms with Crippen molar-refractivity contribution in [3.8, 4) is 0 Å². The van der Waals surface area contributed by atoms with Crippen molar-refractivity contribution in [3.63, 3.8) is 0 Å². The molecule has 1 aliphatic heterocycles. The van der Waals surface area contributed by atoms with Gasteiger partial charge in [-0.3, -0.25) is 15.1 Å². The minimum atomic E-state index is 0.0407. The van der Waals surface area contributed by atoms with E-state index in [9.17, 15) is 4.79 Å². The Labute approximate surface area is 105 Å². The zero-order valence-electron chi connectivity index (χ0n) is 9.53. The summed E-state index contributed by atoms with van der Waals surface area (Å²) in [7, 11) is 0. The molecule has 17 heavy (non-hydrogen) atoms. The molecule has 2 aliphatic rings. The van der Waals surface area contributed by atoms with Crippen molar-refractivity contribution in [1.82, 2.24) is 0 Å². The van der Waals surface area contributed by atoms with Crippen LogP contribution in [0.15, 0.2) is 18.2 Å². The maximum absolute atomic E-state index is 11.8. The Bertz CT molecular complexity index is 482. The van der Waals surface area contributed by atoms with E-state index in [-0.39, 0.29) is 5.91 Å². The molecule has 0 aromatic heterocycles. The molecule has 3 nitrogen and oxygen atoms in total. The van der Waals surface area contributed by atoms with E-state index < -0.39 is 0 Å². The summed E-state index contributed by atoms with van der Waals surface area (Å²) in [5, 5.41) is 8.23. The molecule has 1 fully saturated rings. The molecule has 1 aromatic carbocycles. The van der Waals surface area contributed by atoms with E-state index >= 15 is 0 Å². The normalized spacial score (nSPS) is 19.6. The Balaban J connectivity index is 2.08. The lowest BCUT2D eigenvalue weighted by Crippen LogP contribution is -2.30. The number of fused-ring (bicyclic) bond motifs is 1. The van der Waals surface area contributed by atoms with Crippen LogP contribution in [0.4, 0.5) is 5.69 Å².